The Morgan fingerprint density at radius 2 is 1.94 bits per heavy atom. The molecule has 0 radical (unpaired) electrons. The Hall–Kier alpha value is -3.48. The zero-order chi connectivity index (χ0) is 25.7. The SMILES string of the molecule is COC1CCN(c2ccc(N/C(=C\C(N)C(=O)N3CCCCC3)c3ccc(C#N)c(F)c3)c(F)c2)C1. The number of rotatable bonds is 7. The van der Waals surface area contributed by atoms with Gasteiger partial charge in [-0.15, -0.1) is 0 Å². The average molecular weight is 496 g/mol. The Morgan fingerprint density at radius 1 is 1.17 bits per heavy atom. The third kappa shape index (κ3) is 5.83. The highest BCUT2D eigenvalue weighted by atomic mass is 19.1. The molecule has 2 saturated heterocycles. The van der Waals surface area contributed by atoms with Crippen molar-refractivity contribution in [3.63, 3.8) is 0 Å². The molecule has 1 amide bonds. The number of methoxy groups -OCH3 is 1. The molecule has 0 bridgehead atoms. The van der Waals surface area contributed by atoms with Crippen LogP contribution >= 0.6 is 0 Å². The first-order valence-corrected chi connectivity index (χ1v) is 12.2. The van der Waals surface area contributed by atoms with Crippen LogP contribution < -0.4 is 16.0 Å². The summed E-state index contributed by atoms with van der Waals surface area (Å²) in [4.78, 5) is 16.7. The van der Waals surface area contributed by atoms with E-state index in [1.165, 1.54) is 24.3 Å². The Labute approximate surface area is 210 Å². The van der Waals surface area contributed by atoms with Gasteiger partial charge in [0, 0.05) is 50.2 Å². The van der Waals surface area contributed by atoms with E-state index in [1.54, 1.807) is 36.3 Å². The number of carbonyl (C=O) groups excluding carboxylic acids is 1. The van der Waals surface area contributed by atoms with Gasteiger partial charge in [0.15, 0.2) is 0 Å². The minimum atomic E-state index is -0.998. The minimum absolute atomic E-state index is 0.109. The summed E-state index contributed by atoms with van der Waals surface area (Å²) in [7, 11) is 1.67. The number of benzene rings is 2. The van der Waals surface area contributed by atoms with Crippen LogP contribution in [0.3, 0.4) is 0 Å². The van der Waals surface area contributed by atoms with Crippen LogP contribution in [0.2, 0.25) is 0 Å². The maximum Gasteiger partial charge on any atom is 0.243 e. The summed E-state index contributed by atoms with van der Waals surface area (Å²) in [6.45, 7) is 2.75. The van der Waals surface area contributed by atoms with E-state index < -0.39 is 17.7 Å². The van der Waals surface area contributed by atoms with Gasteiger partial charge in [0.2, 0.25) is 5.91 Å². The predicted octanol–water partition coefficient (Wildman–Crippen LogP) is 3.85. The molecule has 2 fully saturated rings. The van der Waals surface area contributed by atoms with Crippen LogP contribution in [-0.2, 0) is 9.53 Å². The first kappa shape index (κ1) is 25.6. The van der Waals surface area contributed by atoms with Gasteiger partial charge in [-0.05, 0) is 62.1 Å². The predicted molar refractivity (Wildman–Crippen MR) is 135 cm³/mol. The van der Waals surface area contributed by atoms with Gasteiger partial charge < -0.3 is 25.6 Å². The quantitative estimate of drug-likeness (QED) is 0.606. The van der Waals surface area contributed by atoms with Crippen LogP contribution in [0, 0.1) is 23.0 Å². The molecule has 2 heterocycles. The van der Waals surface area contributed by atoms with E-state index in [4.69, 9.17) is 15.7 Å². The topological polar surface area (TPSA) is 94.6 Å². The second-order valence-electron chi connectivity index (χ2n) is 9.18. The minimum Gasteiger partial charge on any atom is -0.380 e. The summed E-state index contributed by atoms with van der Waals surface area (Å²) in [6, 6.07) is 9.71. The van der Waals surface area contributed by atoms with E-state index in [2.05, 4.69) is 10.2 Å². The molecule has 190 valence electrons. The van der Waals surface area contributed by atoms with E-state index in [0.717, 1.165) is 37.9 Å². The van der Waals surface area contributed by atoms with Crippen molar-refractivity contribution in [2.75, 3.05) is 43.5 Å². The maximum absolute atomic E-state index is 15.2. The number of nitrogens with two attached hydrogens (primary N) is 1. The fraction of sp³-hybridized carbons (Fsp3) is 0.407. The second kappa shape index (κ2) is 11.5. The second-order valence-corrected chi connectivity index (χ2v) is 9.18. The highest BCUT2D eigenvalue weighted by molar-refractivity contribution is 5.88. The van der Waals surface area contributed by atoms with Crippen LogP contribution in [0.15, 0.2) is 42.5 Å². The summed E-state index contributed by atoms with van der Waals surface area (Å²) in [5, 5.41) is 12.1. The lowest BCUT2D eigenvalue weighted by Crippen LogP contribution is -2.45. The summed E-state index contributed by atoms with van der Waals surface area (Å²) < 4.78 is 35.0. The fourth-order valence-electron chi connectivity index (χ4n) is 4.66. The number of carbonyl (C=O) groups is 1. The Kier molecular flexibility index (Phi) is 8.18. The summed E-state index contributed by atoms with van der Waals surface area (Å²) in [6.07, 6.45) is 5.39. The molecule has 2 aliphatic rings. The first-order valence-electron chi connectivity index (χ1n) is 12.2. The molecule has 0 spiro atoms. The lowest BCUT2D eigenvalue weighted by Gasteiger charge is -2.28. The molecule has 2 aromatic carbocycles. The van der Waals surface area contributed by atoms with Crippen LogP contribution in [0.1, 0.15) is 36.8 Å². The van der Waals surface area contributed by atoms with E-state index in [9.17, 15) is 9.18 Å². The van der Waals surface area contributed by atoms with Crippen molar-refractivity contribution in [2.24, 2.45) is 5.73 Å². The van der Waals surface area contributed by atoms with Crippen LogP contribution in [-0.4, -0.2) is 56.2 Å². The van der Waals surface area contributed by atoms with Crippen LogP contribution in [0.4, 0.5) is 20.2 Å². The molecule has 3 N–H and O–H groups in total. The molecule has 2 atom stereocenters. The van der Waals surface area contributed by atoms with Crippen molar-refractivity contribution in [1.29, 1.82) is 5.26 Å². The third-order valence-electron chi connectivity index (χ3n) is 6.77. The van der Waals surface area contributed by atoms with E-state index in [1.807, 2.05) is 0 Å². The van der Waals surface area contributed by atoms with Crippen LogP contribution in [0.5, 0.6) is 0 Å². The summed E-state index contributed by atoms with van der Waals surface area (Å²) in [5.74, 6) is -1.44. The van der Waals surface area contributed by atoms with Crippen molar-refractivity contribution in [2.45, 2.75) is 37.8 Å². The molecule has 4 rings (SSSR count). The average Bonchev–Trinajstić information content (AvgIpc) is 3.38. The number of piperidine rings is 1. The monoisotopic (exact) mass is 495 g/mol. The van der Waals surface area contributed by atoms with Crippen molar-refractivity contribution in [3.05, 3.63) is 65.2 Å². The number of hydrogen-bond donors (Lipinski definition) is 2. The highest BCUT2D eigenvalue weighted by Crippen LogP contribution is 2.29. The number of likely N-dealkylation sites (tertiary alicyclic amines) is 1. The Morgan fingerprint density at radius 3 is 2.58 bits per heavy atom. The molecule has 2 unspecified atom stereocenters. The molecule has 0 saturated carbocycles. The van der Waals surface area contributed by atoms with Crippen molar-refractivity contribution in [3.8, 4) is 6.07 Å². The molecule has 9 heteroatoms. The van der Waals surface area contributed by atoms with Gasteiger partial charge in [0.05, 0.1) is 17.4 Å². The molecular weight excluding hydrogens is 464 g/mol. The number of halogens is 2. The number of nitrogens with zero attached hydrogens (tertiary/aromatic N) is 3. The third-order valence-corrected chi connectivity index (χ3v) is 6.77. The van der Waals surface area contributed by atoms with Crippen molar-refractivity contribution < 1.29 is 18.3 Å². The van der Waals surface area contributed by atoms with E-state index in [-0.39, 0.29) is 29.0 Å². The van der Waals surface area contributed by atoms with E-state index >= 15 is 4.39 Å². The number of nitriles is 1. The molecule has 0 aromatic heterocycles. The lowest BCUT2D eigenvalue weighted by atomic mass is 10.0. The summed E-state index contributed by atoms with van der Waals surface area (Å²) >= 11 is 0. The highest BCUT2D eigenvalue weighted by Gasteiger charge is 2.24. The summed E-state index contributed by atoms with van der Waals surface area (Å²) in [5.41, 5.74) is 7.66. The van der Waals surface area contributed by atoms with Crippen LogP contribution in [0.25, 0.3) is 5.70 Å². The van der Waals surface area contributed by atoms with Gasteiger partial charge in [-0.2, -0.15) is 5.26 Å². The van der Waals surface area contributed by atoms with E-state index in [0.29, 0.717) is 25.2 Å². The van der Waals surface area contributed by atoms with Crippen molar-refractivity contribution in [1.82, 2.24) is 4.90 Å². The number of hydrogen-bond acceptors (Lipinski definition) is 6. The van der Waals surface area contributed by atoms with Gasteiger partial charge in [0.1, 0.15) is 23.7 Å². The molecule has 36 heavy (non-hydrogen) atoms. The number of amides is 1. The molecular formula is C27H31F2N5O2. The van der Waals surface area contributed by atoms with Gasteiger partial charge in [-0.3, -0.25) is 4.79 Å². The zero-order valence-electron chi connectivity index (χ0n) is 20.3. The van der Waals surface area contributed by atoms with Gasteiger partial charge in [0.25, 0.3) is 0 Å². The van der Waals surface area contributed by atoms with Crippen molar-refractivity contribution >= 4 is 23.0 Å². The molecule has 2 aromatic rings. The first-order chi connectivity index (χ1) is 17.4. The fourth-order valence-corrected chi connectivity index (χ4v) is 4.66. The Balaban J connectivity index is 1.61. The molecule has 0 aliphatic carbocycles. The standard InChI is InChI=1S/C27H31F2N5O2/c1-36-21-9-12-34(17-21)20-7-8-25(23(29)14-20)32-26(18-5-6-19(16-30)22(28)13-18)15-24(31)27(35)33-10-3-2-4-11-33/h5-8,13-15,21,24,32H,2-4,9-12,17,31H2,1H3/b26-15-. The molecule has 2 aliphatic heterocycles. The Bertz CT molecular complexity index is 1170. The largest absolute Gasteiger partial charge is 0.380 e. The smallest absolute Gasteiger partial charge is 0.243 e. The zero-order valence-corrected chi connectivity index (χ0v) is 20.3. The van der Waals surface area contributed by atoms with Gasteiger partial charge in [-0.1, -0.05) is 6.07 Å². The number of nitrogens with one attached hydrogen (secondary N) is 1. The number of ether oxygens (including phenoxy) is 1. The lowest BCUT2D eigenvalue weighted by molar-refractivity contribution is -0.132. The maximum atomic E-state index is 15.2. The normalized spacial score (nSPS) is 19.2. The number of anilines is 2. The van der Waals surface area contributed by atoms with Gasteiger partial charge in [-0.25, -0.2) is 8.78 Å². The molecule has 7 nitrogen and oxygen atoms in total. The van der Waals surface area contributed by atoms with Gasteiger partial charge >= 0.3 is 0 Å².